The van der Waals surface area contributed by atoms with Gasteiger partial charge in [0.15, 0.2) is 0 Å². The van der Waals surface area contributed by atoms with Crippen LogP contribution in [0.3, 0.4) is 0 Å². The molecule has 28 heavy (non-hydrogen) atoms. The van der Waals surface area contributed by atoms with E-state index < -0.39 is 5.97 Å². The molecule has 144 valence electrons. The zero-order chi connectivity index (χ0) is 20.2. The molecule has 0 aromatic heterocycles. The first kappa shape index (κ1) is 18.8. The lowest BCUT2D eigenvalue weighted by molar-refractivity contribution is -0.130. The van der Waals surface area contributed by atoms with Crippen molar-refractivity contribution in [3.8, 4) is 11.8 Å². The predicted octanol–water partition coefficient (Wildman–Crippen LogP) is 5.55. The Morgan fingerprint density at radius 3 is 2.14 bits per heavy atom. The Balaban J connectivity index is 1.78. The number of carboxylic acid groups (broad SMARTS) is 1. The zero-order valence-corrected chi connectivity index (χ0v) is 17.2. The van der Waals surface area contributed by atoms with Crippen LogP contribution in [-0.4, -0.2) is 11.1 Å². The van der Waals surface area contributed by atoms with Gasteiger partial charge >= 0.3 is 5.97 Å². The molecule has 0 saturated heterocycles. The van der Waals surface area contributed by atoms with Crippen molar-refractivity contribution in [1.82, 2.24) is 0 Å². The maximum absolute atomic E-state index is 10.8. The van der Waals surface area contributed by atoms with Crippen LogP contribution in [0.5, 0.6) is 0 Å². The van der Waals surface area contributed by atoms with Gasteiger partial charge in [0.2, 0.25) is 0 Å². The fourth-order valence-corrected chi connectivity index (χ4v) is 4.78. The number of fused-ring (bicyclic) bond motifs is 1. The van der Waals surface area contributed by atoms with Crippen molar-refractivity contribution < 1.29 is 9.90 Å². The maximum Gasteiger partial charge on any atom is 0.382 e. The molecule has 1 saturated carbocycles. The summed E-state index contributed by atoms with van der Waals surface area (Å²) < 4.78 is 0. The van der Waals surface area contributed by atoms with Gasteiger partial charge in [0.1, 0.15) is 0 Å². The molecule has 2 aromatic carbocycles. The molecule has 0 atom stereocenters. The smallest absolute Gasteiger partial charge is 0.382 e. The molecule has 0 radical (unpaired) electrons. The van der Waals surface area contributed by atoms with Crippen molar-refractivity contribution >= 4 is 5.97 Å². The molecule has 2 nitrogen and oxygen atoms in total. The van der Waals surface area contributed by atoms with E-state index in [9.17, 15) is 4.79 Å². The predicted molar refractivity (Wildman–Crippen MR) is 113 cm³/mol. The summed E-state index contributed by atoms with van der Waals surface area (Å²) in [6.45, 7) is 9.45. The van der Waals surface area contributed by atoms with Crippen molar-refractivity contribution in [2.24, 2.45) is 0 Å². The van der Waals surface area contributed by atoms with Gasteiger partial charge in [0.25, 0.3) is 0 Å². The number of carbonyl (C=O) groups is 1. The van der Waals surface area contributed by atoms with E-state index in [2.05, 4.69) is 69.9 Å². The first-order valence-corrected chi connectivity index (χ1v) is 10.2. The number of benzene rings is 2. The van der Waals surface area contributed by atoms with E-state index in [-0.39, 0.29) is 16.2 Å². The van der Waals surface area contributed by atoms with Crippen LogP contribution < -0.4 is 0 Å². The highest BCUT2D eigenvalue weighted by atomic mass is 16.4. The van der Waals surface area contributed by atoms with Gasteiger partial charge in [0, 0.05) is 16.9 Å². The third-order valence-corrected chi connectivity index (χ3v) is 6.88. The maximum atomic E-state index is 10.8. The SMILES string of the molecule is CC1(C)CCC(C)(C)c2cc(C3(c4cccc(C#CC(=O)O)c4)CC3)ccc21. The van der Waals surface area contributed by atoms with Gasteiger partial charge in [-0.05, 0) is 70.9 Å². The zero-order valence-electron chi connectivity index (χ0n) is 17.2. The van der Waals surface area contributed by atoms with Crippen molar-refractivity contribution in [3.05, 3.63) is 70.3 Å². The molecular formula is C26H28O2. The van der Waals surface area contributed by atoms with E-state index in [0.717, 1.165) is 18.4 Å². The van der Waals surface area contributed by atoms with Crippen LogP contribution in [-0.2, 0) is 21.0 Å². The fraction of sp³-hybridized carbons (Fsp3) is 0.423. The number of rotatable bonds is 2. The summed E-state index contributed by atoms with van der Waals surface area (Å²) in [6.07, 6.45) is 4.70. The molecule has 2 aromatic rings. The molecule has 2 aliphatic rings. The summed E-state index contributed by atoms with van der Waals surface area (Å²) in [5.74, 6) is 3.90. The monoisotopic (exact) mass is 372 g/mol. The third-order valence-electron chi connectivity index (χ3n) is 6.88. The van der Waals surface area contributed by atoms with Crippen LogP contribution in [0.25, 0.3) is 0 Å². The highest BCUT2D eigenvalue weighted by Gasteiger charge is 2.47. The molecule has 4 rings (SSSR count). The number of hydrogen-bond acceptors (Lipinski definition) is 1. The molecule has 0 unspecified atom stereocenters. The Morgan fingerprint density at radius 2 is 1.50 bits per heavy atom. The van der Waals surface area contributed by atoms with Gasteiger partial charge in [-0.25, -0.2) is 4.79 Å². The summed E-state index contributed by atoms with van der Waals surface area (Å²) in [5.41, 5.74) is 6.87. The molecular weight excluding hydrogens is 344 g/mol. The molecule has 0 aliphatic heterocycles. The van der Waals surface area contributed by atoms with E-state index in [1.54, 1.807) is 0 Å². The molecule has 0 amide bonds. The normalized spacial score (nSPS) is 20.4. The summed E-state index contributed by atoms with van der Waals surface area (Å²) in [6, 6.07) is 15.2. The number of carboxylic acids is 1. The Hall–Kier alpha value is -2.53. The van der Waals surface area contributed by atoms with Gasteiger partial charge in [-0.1, -0.05) is 63.9 Å². The van der Waals surface area contributed by atoms with E-state index in [0.29, 0.717) is 0 Å². The highest BCUT2D eigenvalue weighted by molar-refractivity contribution is 5.87. The Kier molecular flexibility index (Phi) is 4.19. The van der Waals surface area contributed by atoms with Crippen molar-refractivity contribution in [2.75, 3.05) is 0 Å². The second kappa shape index (κ2) is 6.24. The lowest BCUT2D eigenvalue weighted by Crippen LogP contribution is -2.34. The molecule has 1 fully saturated rings. The molecule has 2 aliphatic carbocycles. The Labute approximate surface area is 168 Å². The van der Waals surface area contributed by atoms with Crippen LogP contribution in [0.2, 0.25) is 0 Å². The largest absolute Gasteiger partial charge is 0.472 e. The van der Waals surface area contributed by atoms with E-state index in [1.807, 2.05) is 12.1 Å². The van der Waals surface area contributed by atoms with Gasteiger partial charge in [0.05, 0.1) is 0 Å². The fourth-order valence-electron chi connectivity index (χ4n) is 4.78. The van der Waals surface area contributed by atoms with Gasteiger partial charge in [-0.15, -0.1) is 0 Å². The first-order chi connectivity index (χ1) is 13.1. The third kappa shape index (κ3) is 3.14. The summed E-state index contributed by atoms with van der Waals surface area (Å²) >= 11 is 0. The van der Waals surface area contributed by atoms with E-state index >= 15 is 0 Å². The molecule has 0 bridgehead atoms. The van der Waals surface area contributed by atoms with Gasteiger partial charge in [-0.3, -0.25) is 0 Å². The minimum Gasteiger partial charge on any atom is -0.472 e. The molecule has 2 heteroatoms. The quantitative estimate of drug-likeness (QED) is 0.702. The standard InChI is InChI=1S/C26H28O2/c1-24(2)12-13-25(3,4)22-17-20(9-10-21(22)24)26(14-15-26)19-7-5-6-18(16-19)8-11-23(27)28/h5-7,9-10,16-17H,12-15H2,1-4H3,(H,27,28). The van der Waals surface area contributed by atoms with Gasteiger partial charge in [-0.2, -0.15) is 0 Å². The minimum absolute atomic E-state index is 0.0492. The summed E-state index contributed by atoms with van der Waals surface area (Å²) in [5, 5.41) is 8.82. The van der Waals surface area contributed by atoms with E-state index in [1.165, 1.54) is 35.1 Å². The second-order valence-corrected chi connectivity index (χ2v) is 9.75. The van der Waals surface area contributed by atoms with Crippen LogP contribution in [0.15, 0.2) is 42.5 Å². The van der Waals surface area contributed by atoms with Crippen LogP contribution in [0.4, 0.5) is 0 Å². The molecule has 1 N–H and O–H groups in total. The topological polar surface area (TPSA) is 37.3 Å². The number of hydrogen-bond donors (Lipinski definition) is 1. The van der Waals surface area contributed by atoms with Crippen molar-refractivity contribution in [1.29, 1.82) is 0 Å². The lowest BCUT2D eigenvalue weighted by atomic mass is 9.62. The average molecular weight is 373 g/mol. The number of aliphatic carboxylic acids is 1. The summed E-state index contributed by atoms with van der Waals surface area (Å²) in [7, 11) is 0. The Bertz CT molecular complexity index is 1010. The Morgan fingerprint density at radius 1 is 0.857 bits per heavy atom. The van der Waals surface area contributed by atoms with Crippen LogP contribution >= 0.6 is 0 Å². The lowest BCUT2D eigenvalue weighted by Gasteiger charge is -2.42. The van der Waals surface area contributed by atoms with Crippen molar-refractivity contribution in [3.63, 3.8) is 0 Å². The van der Waals surface area contributed by atoms with Gasteiger partial charge < -0.3 is 5.11 Å². The molecule has 0 spiro atoms. The van der Waals surface area contributed by atoms with Crippen LogP contribution in [0.1, 0.15) is 81.2 Å². The van der Waals surface area contributed by atoms with Crippen LogP contribution in [0, 0.1) is 11.8 Å². The average Bonchev–Trinajstić information content (AvgIpc) is 3.46. The molecule has 0 heterocycles. The minimum atomic E-state index is -1.09. The second-order valence-electron chi connectivity index (χ2n) is 9.75. The summed E-state index contributed by atoms with van der Waals surface area (Å²) in [4.78, 5) is 10.8. The van der Waals surface area contributed by atoms with E-state index in [4.69, 9.17) is 5.11 Å². The van der Waals surface area contributed by atoms with Crippen molar-refractivity contribution in [2.45, 2.75) is 69.6 Å². The first-order valence-electron chi connectivity index (χ1n) is 10.2. The highest BCUT2D eigenvalue weighted by Crippen LogP contribution is 2.55.